The molecule has 0 radical (unpaired) electrons. The summed E-state index contributed by atoms with van der Waals surface area (Å²) in [6.07, 6.45) is 0.934. The Labute approximate surface area is 86.6 Å². The molecule has 80 valence electrons. The molecule has 1 heterocycles. The number of morpholine rings is 1. The lowest BCUT2D eigenvalue weighted by Gasteiger charge is -2.33. The number of nitrogens with zero attached hydrogens (tertiary/aromatic N) is 2. The van der Waals surface area contributed by atoms with Gasteiger partial charge >= 0.3 is 0 Å². The Morgan fingerprint density at radius 1 is 1.36 bits per heavy atom. The summed E-state index contributed by atoms with van der Waals surface area (Å²) < 4.78 is 5.27. The van der Waals surface area contributed by atoms with E-state index in [0.717, 1.165) is 32.7 Å². The normalized spacial score (nSPS) is 21.6. The number of hydrogen-bond donors (Lipinski definition) is 0. The van der Waals surface area contributed by atoms with Crippen molar-refractivity contribution < 1.29 is 4.74 Å². The maximum atomic E-state index is 9.11. The first-order chi connectivity index (χ1) is 6.53. The first kappa shape index (κ1) is 11.5. The maximum absolute atomic E-state index is 9.11. The largest absolute Gasteiger partial charge is 0.379 e. The molecule has 1 aliphatic rings. The van der Waals surface area contributed by atoms with Gasteiger partial charge in [-0.25, -0.2) is 0 Å². The van der Waals surface area contributed by atoms with E-state index in [1.54, 1.807) is 0 Å². The van der Waals surface area contributed by atoms with Crippen LogP contribution in [-0.2, 0) is 4.74 Å². The topological polar surface area (TPSA) is 36.3 Å². The van der Waals surface area contributed by atoms with Gasteiger partial charge in [0.05, 0.1) is 25.3 Å². The second kappa shape index (κ2) is 4.77. The minimum atomic E-state index is 0.0545. The zero-order valence-corrected chi connectivity index (χ0v) is 9.42. The van der Waals surface area contributed by atoms with Crippen LogP contribution in [0.15, 0.2) is 0 Å². The summed E-state index contributed by atoms with van der Waals surface area (Å²) >= 11 is 0. The van der Waals surface area contributed by atoms with E-state index in [9.17, 15) is 0 Å². The second-order valence-electron chi connectivity index (χ2n) is 5.06. The fourth-order valence-electron chi connectivity index (χ4n) is 1.73. The Kier molecular flexibility index (Phi) is 3.91. The van der Waals surface area contributed by atoms with Gasteiger partial charge in [-0.15, -0.1) is 0 Å². The number of rotatable bonds is 2. The number of hydrogen-bond acceptors (Lipinski definition) is 3. The molecule has 1 atom stereocenters. The molecule has 3 nitrogen and oxygen atoms in total. The van der Waals surface area contributed by atoms with Gasteiger partial charge in [0.1, 0.15) is 0 Å². The molecule has 1 unspecified atom stereocenters. The van der Waals surface area contributed by atoms with Crippen molar-refractivity contribution in [3.05, 3.63) is 0 Å². The lowest BCUT2D eigenvalue weighted by atomic mass is 9.88. The van der Waals surface area contributed by atoms with Gasteiger partial charge in [0.25, 0.3) is 0 Å². The molecular weight excluding hydrogens is 176 g/mol. The van der Waals surface area contributed by atoms with E-state index in [0.29, 0.717) is 0 Å². The predicted octanol–water partition coefficient (Wildman–Crippen LogP) is 1.65. The van der Waals surface area contributed by atoms with Crippen LogP contribution < -0.4 is 0 Å². The van der Waals surface area contributed by atoms with Crippen molar-refractivity contribution in [1.29, 1.82) is 5.26 Å². The molecule has 0 N–H and O–H groups in total. The molecule has 0 aromatic rings. The summed E-state index contributed by atoms with van der Waals surface area (Å²) in [4.78, 5) is 2.23. The summed E-state index contributed by atoms with van der Waals surface area (Å²) in [6, 6.07) is 2.45. The van der Waals surface area contributed by atoms with E-state index in [2.05, 4.69) is 31.7 Å². The van der Waals surface area contributed by atoms with Crippen LogP contribution in [0.1, 0.15) is 27.2 Å². The fraction of sp³-hybridized carbons (Fsp3) is 0.909. The van der Waals surface area contributed by atoms with Gasteiger partial charge in [-0.1, -0.05) is 20.8 Å². The quantitative estimate of drug-likeness (QED) is 0.673. The average molecular weight is 196 g/mol. The standard InChI is InChI=1S/C11H20N2O/c1-11(2,3)8-10(9-12)13-4-6-14-7-5-13/h10H,4-8H2,1-3H3. The van der Waals surface area contributed by atoms with Crippen molar-refractivity contribution >= 4 is 0 Å². The lowest BCUT2D eigenvalue weighted by Crippen LogP contribution is -2.44. The van der Waals surface area contributed by atoms with Gasteiger partial charge < -0.3 is 4.74 Å². The average Bonchev–Trinajstić information content (AvgIpc) is 2.14. The van der Waals surface area contributed by atoms with E-state index in [4.69, 9.17) is 10.00 Å². The van der Waals surface area contributed by atoms with Crippen LogP contribution in [0.5, 0.6) is 0 Å². The number of ether oxygens (including phenoxy) is 1. The molecule has 14 heavy (non-hydrogen) atoms. The highest BCUT2D eigenvalue weighted by Gasteiger charge is 2.25. The number of nitriles is 1. The molecule has 0 aromatic carbocycles. The molecule has 0 amide bonds. The van der Waals surface area contributed by atoms with E-state index in [1.807, 2.05) is 0 Å². The SMILES string of the molecule is CC(C)(C)CC(C#N)N1CCOCC1. The summed E-state index contributed by atoms with van der Waals surface area (Å²) in [6.45, 7) is 9.86. The fourth-order valence-corrected chi connectivity index (χ4v) is 1.73. The Hall–Kier alpha value is -0.590. The highest BCUT2D eigenvalue weighted by Crippen LogP contribution is 2.23. The van der Waals surface area contributed by atoms with Crippen LogP contribution in [0.4, 0.5) is 0 Å². The molecule has 1 rings (SSSR count). The van der Waals surface area contributed by atoms with Crippen LogP contribution in [0.25, 0.3) is 0 Å². The van der Waals surface area contributed by atoms with Crippen molar-refractivity contribution in [2.24, 2.45) is 5.41 Å². The molecule has 0 aromatic heterocycles. The van der Waals surface area contributed by atoms with Gasteiger partial charge in [-0.2, -0.15) is 5.26 Å². The monoisotopic (exact) mass is 196 g/mol. The Bertz CT molecular complexity index is 208. The molecule has 1 saturated heterocycles. The van der Waals surface area contributed by atoms with Crippen LogP contribution >= 0.6 is 0 Å². The van der Waals surface area contributed by atoms with Gasteiger partial charge in [0.15, 0.2) is 0 Å². The van der Waals surface area contributed by atoms with Crippen molar-refractivity contribution in [2.45, 2.75) is 33.2 Å². The molecule has 3 heteroatoms. The molecular formula is C11H20N2O. The first-order valence-electron chi connectivity index (χ1n) is 5.24. The minimum Gasteiger partial charge on any atom is -0.379 e. The maximum Gasteiger partial charge on any atom is 0.0984 e. The molecule has 0 saturated carbocycles. The zero-order chi connectivity index (χ0) is 10.6. The third kappa shape index (κ3) is 3.65. The van der Waals surface area contributed by atoms with Crippen molar-refractivity contribution in [3.8, 4) is 6.07 Å². The van der Waals surface area contributed by atoms with Crippen molar-refractivity contribution in [2.75, 3.05) is 26.3 Å². The van der Waals surface area contributed by atoms with Gasteiger partial charge in [-0.3, -0.25) is 4.90 Å². The molecule has 1 aliphatic heterocycles. The second-order valence-corrected chi connectivity index (χ2v) is 5.06. The van der Waals surface area contributed by atoms with Crippen LogP contribution in [0, 0.1) is 16.7 Å². The van der Waals surface area contributed by atoms with E-state index in [-0.39, 0.29) is 11.5 Å². The first-order valence-corrected chi connectivity index (χ1v) is 5.24. The molecule has 1 fully saturated rings. The third-order valence-electron chi connectivity index (χ3n) is 2.44. The molecule has 0 spiro atoms. The van der Waals surface area contributed by atoms with Crippen molar-refractivity contribution in [3.63, 3.8) is 0 Å². The van der Waals surface area contributed by atoms with E-state index >= 15 is 0 Å². The van der Waals surface area contributed by atoms with Crippen LogP contribution in [0.3, 0.4) is 0 Å². The van der Waals surface area contributed by atoms with Gasteiger partial charge in [0, 0.05) is 13.1 Å². The summed E-state index contributed by atoms with van der Waals surface area (Å²) in [7, 11) is 0. The zero-order valence-electron chi connectivity index (χ0n) is 9.42. The molecule has 0 bridgehead atoms. The Morgan fingerprint density at radius 2 is 1.93 bits per heavy atom. The minimum absolute atomic E-state index is 0.0545. The predicted molar refractivity (Wildman–Crippen MR) is 55.9 cm³/mol. The highest BCUT2D eigenvalue weighted by molar-refractivity contribution is 4.94. The Balaban J connectivity index is 2.49. The van der Waals surface area contributed by atoms with E-state index in [1.165, 1.54) is 0 Å². The summed E-state index contributed by atoms with van der Waals surface area (Å²) in [5.74, 6) is 0. The van der Waals surface area contributed by atoms with Gasteiger partial charge in [-0.05, 0) is 11.8 Å². The summed E-state index contributed by atoms with van der Waals surface area (Å²) in [5, 5.41) is 9.11. The highest BCUT2D eigenvalue weighted by atomic mass is 16.5. The summed E-state index contributed by atoms with van der Waals surface area (Å²) in [5.41, 5.74) is 0.221. The van der Waals surface area contributed by atoms with Crippen LogP contribution in [-0.4, -0.2) is 37.2 Å². The lowest BCUT2D eigenvalue weighted by molar-refractivity contribution is 0.0200. The third-order valence-corrected chi connectivity index (χ3v) is 2.44. The van der Waals surface area contributed by atoms with Gasteiger partial charge in [0.2, 0.25) is 0 Å². The molecule has 0 aliphatic carbocycles. The smallest absolute Gasteiger partial charge is 0.0984 e. The van der Waals surface area contributed by atoms with Crippen molar-refractivity contribution in [1.82, 2.24) is 4.90 Å². The van der Waals surface area contributed by atoms with Crippen LogP contribution in [0.2, 0.25) is 0 Å². The Morgan fingerprint density at radius 3 is 2.36 bits per heavy atom. The van der Waals surface area contributed by atoms with E-state index < -0.39 is 0 Å².